The molecule has 3 rings (SSSR count). The Morgan fingerprint density at radius 1 is 0.905 bits per heavy atom. The van der Waals surface area contributed by atoms with Crippen molar-refractivity contribution in [3.05, 3.63) is 68.8 Å². The van der Waals surface area contributed by atoms with Crippen LogP contribution in [0.2, 0.25) is 15.1 Å². The predicted octanol–water partition coefficient (Wildman–Crippen LogP) is 5.14. The van der Waals surface area contributed by atoms with Crippen molar-refractivity contribution in [3.63, 3.8) is 0 Å². The van der Waals surface area contributed by atoms with Gasteiger partial charge in [0.2, 0.25) is 0 Å². The highest BCUT2D eigenvalue weighted by atomic mass is 35.5. The summed E-state index contributed by atoms with van der Waals surface area (Å²) < 4.78 is 2.02. The largest absolute Gasteiger partial charge is 0.392 e. The van der Waals surface area contributed by atoms with E-state index in [0.29, 0.717) is 21.6 Å². The molecule has 21 heavy (non-hydrogen) atoms. The molecular formula is C16H12Cl3NO. The van der Waals surface area contributed by atoms with E-state index in [-0.39, 0.29) is 6.61 Å². The van der Waals surface area contributed by atoms with Crippen LogP contribution < -0.4 is 0 Å². The molecule has 5 heteroatoms. The normalized spacial score (nSPS) is 11.2. The van der Waals surface area contributed by atoms with Gasteiger partial charge >= 0.3 is 0 Å². The first-order valence-corrected chi connectivity index (χ1v) is 7.54. The Labute approximate surface area is 137 Å². The van der Waals surface area contributed by atoms with Crippen LogP contribution in [0.15, 0.2) is 42.6 Å². The van der Waals surface area contributed by atoms with Gasteiger partial charge < -0.3 is 9.67 Å². The van der Waals surface area contributed by atoms with E-state index < -0.39 is 0 Å². The van der Waals surface area contributed by atoms with Crippen molar-refractivity contribution in [1.82, 2.24) is 4.57 Å². The van der Waals surface area contributed by atoms with Crippen LogP contribution >= 0.6 is 34.8 Å². The summed E-state index contributed by atoms with van der Waals surface area (Å²) in [6.45, 7) is 0.546. The van der Waals surface area contributed by atoms with Crippen LogP contribution in [-0.4, -0.2) is 9.67 Å². The van der Waals surface area contributed by atoms with E-state index in [9.17, 15) is 5.11 Å². The van der Waals surface area contributed by atoms with Crippen molar-refractivity contribution < 1.29 is 5.11 Å². The van der Waals surface area contributed by atoms with Crippen molar-refractivity contribution in [1.29, 1.82) is 0 Å². The lowest BCUT2D eigenvalue weighted by molar-refractivity contribution is 0.283. The number of nitrogens with zero attached hydrogens (tertiary/aromatic N) is 1. The van der Waals surface area contributed by atoms with Crippen LogP contribution in [0.5, 0.6) is 0 Å². The molecule has 1 N–H and O–H groups in total. The van der Waals surface area contributed by atoms with Gasteiger partial charge in [0.15, 0.2) is 0 Å². The number of halogens is 3. The maximum Gasteiger partial charge on any atom is 0.0702 e. The van der Waals surface area contributed by atoms with Gasteiger partial charge in [-0.05, 0) is 35.9 Å². The van der Waals surface area contributed by atoms with E-state index in [1.165, 1.54) is 0 Å². The van der Waals surface area contributed by atoms with Gasteiger partial charge in [0, 0.05) is 38.8 Å². The zero-order valence-corrected chi connectivity index (χ0v) is 13.3. The van der Waals surface area contributed by atoms with Crippen LogP contribution in [-0.2, 0) is 13.2 Å². The van der Waals surface area contributed by atoms with Gasteiger partial charge in [0.1, 0.15) is 0 Å². The summed E-state index contributed by atoms with van der Waals surface area (Å²) in [5.41, 5.74) is 2.74. The van der Waals surface area contributed by atoms with E-state index in [1.54, 1.807) is 12.1 Å². The van der Waals surface area contributed by atoms with Crippen molar-refractivity contribution in [2.75, 3.05) is 0 Å². The summed E-state index contributed by atoms with van der Waals surface area (Å²) in [7, 11) is 0. The Morgan fingerprint density at radius 3 is 2.38 bits per heavy atom. The molecule has 0 fully saturated rings. The van der Waals surface area contributed by atoms with Gasteiger partial charge in [0.05, 0.1) is 12.1 Å². The van der Waals surface area contributed by atoms with Crippen LogP contribution in [0.4, 0.5) is 0 Å². The van der Waals surface area contributed by atoms with Gasteiger partial charge in [-0.1, -0.05) is 40.9 Å². The Hall–Kier alpha value is -1.19. The topological polar surface area (TPSA) is 25.2 Å². The summed E-state index contributed by atoms with van der Waals surface area (Å²) in [6.07, 6.45) is 1.91. The molecule has 0 unspecified atom stereocenters. The average Bonchev–Trinajstić information content (AvgIpc) is 2.80. The van der Waals surface area contributed by atoms with Crippen LogP contribution in [0.25, 0.3) is 10.9 Å². The first kappa shape index (κ1) is 14.7. The third kappa shape index (κ3) is 2.90. The molecule has 0 atom stereocenters. The number of fused-ring (bicyclic) bond motifs is 1. The maximum atomic E-state index is 9.49. The molecule has 0 saturated heterocycles. The van der Waals surface area contributed by atoms with Gasteiger partial charge in [-0.2, -0.15) is 0 Å². The smallest absolute Gasteiger partial charge is 0.0702 e. The molecule has 0 aliphatic carbocycles. The molecule has 0 amide bonds. The van der Waals surface area contributed by atoms with Crippen molar-refractivity contribution in [2.24, 2.45) is 0 Å². The number of aliphatic hydroxyl groups is 1. The summed E-state index contributed by atoms with van der Waals surface area (Å²) in [4.78, 5) is 0. The fourth-order valence-electron chi connectivity index (χ4n) is 2.45. The van der Waals surface area contributed by atoms with E-state index in [0.717, 1.165) is 22.0 Å². The first-order chi connectivity index (χ1) is 10.1. The molecule has 2 aromatic carbocycles. The quantitative estimate of drug-likeness (QED) is 0.701. The average molecular weight is 341 g/mol. The van der Waals surface area contributed by atoms with Crippen LogP contribution in [0.3, 0.4) is 0 Å². The van der Waals surface area contributed by atoms with Crippen LogP contribution in [0, 0.1) is 0 Å². The minimum atomic E-state index is -0.0194. The third-order valence-electron chi connectivity index (χ3n) is 3.45. The highest BCUT2D eigenvalue weighted by Gasteiger charge is 2.10. The minimum Gasteiger partial charge on any atom is -0.392 e. The van der Waals surface area contributed by atoms with E-state index in [2.05, 4.69) is 0 Å². The van der Waals surface area contributed by atoms with E-state index >= 15 is 0 Å². The second-order valence-corrected chi connectivity index (χ2v) is 6.12. The van der Waals surface area contributed by atoms with Crippen molar-refractivity contribution in [3.8, 4) is 0 Å². The third-order valence-corrected chi connectivity index (χ3v) is 4.28. The second-order valence-electron chi connectivity index (χ2n) is 4.84. The lowest BCUT2D eigenvalue weighted by atomic mass is 10.2. The lowest BCUT2D eigenvalue weighted by Gasteiger charge is -2.08. The number of benzene rings is 2. The van der Waals surface area contributed by atoms with Crippen molar-refractivity contribution >= 4 is 45.7 Å². The highest BCUT2D eigenvalue weighted by Crippen LogP contribution is 2.28. The molecule has 0 spiro atoms. The summed E-state index contributed by atoms with van der Waals surface area (Å²) in [6, 6.07) is 11.0. The Morgan fingerprint density at radius 2 is 1.62 bits per heavy atom. The number of aromatic nitrogens is 1. The SMILES string of the molecule is OCc1cn(Cc2cc(Cl)ccc2Cl)c2cc(Cl)ccc12. The standard InChI is InChI=1S/C16H12Cl3NO/c17-12-2-4-15(19)10(5-12)7-20-8-11(9-21)14-3-1-13(18)6-16(14)20/h1-6,8,21H,7,9H2. The van der Waals surface area contributed by atoms with Crippen LogP contribution in [0.1, 0.15) is 11.1 Å². The molecule has 0 radical (unpaired) electrons. The summed E-state index contributed by atoms with van der Waals surface area (Å²) in [5, 5.41) is 12.4. The van der Waals surface area contributed by atoms with Gasteiger partial charge in [0.25, 0.3) is 0 Å². The molecule has 1 heterocycles. The summed E-state index contributed by atoms with van der Waals surface area (Å²) >= 11 is 18.3. The lowest BCUT2D eigenvalue weighted by Crippen LogP contribution is -1.98. The zero-order valence-electron chi connectivity index (χ0n) is 11.0. The predicted molar refractivity (Wildman–Crippen MR) is 88.4 cm³/mol. The first-order valence-electron chi connectivity index (χ1n) is 6.40. The van der Waals surface area contributed by atoms with E-state index in [4.69, 9.17) is 34.8 Å². The molecule has 0 bridgehead atoms. The maximum absolute atomic E-state index is 9.49. The van der Waals surface area contributed by atoms with Crippen molar-refractivity contribution in [2.45, 2.75) is 13.2 Å². The molecule has 0 saturated carbocycles. The number of hydrogen-bond donors (Lipinski definition) is 1. The molecular weight excluding hydrogens is 329 g/mol. The van der Waals surface area contributed by atoms with E-state index in [1.807, 2.05) is 35.0 Å². The minimum absolute atomic E-state index is 0.0194. The van der Waals surface area contributed by atoms with Gasteiger partial charge in [-0.3, -0.25) is 0 Å². The molecule has 108 valence electrons. The monoisotopic (exact) mass is 339 g/mol. The van der Waals surface area contributed by atoms with Gasteiger partial charge in [-0.15, -0.1) is 0 Å². The van der Waals surface area contributed by atoms with Gasteiger partial charge in [-0.25, -0.2) is 0 Å². The molecule has 0 aliphatic heterocycles. The molecule has 1 aromatic heterocycles. The number of aliphatic hydroxyl groups excluding tert-OH is 1. The second kappa shape index (κ2) is 5.90. The molecule has 0 aliphatic rings. The Balaban J connectivity index is 2.12. The summed E-state index contributed by atoms with van der Waals surface area (Å²) in [5.74, 6) is 0. The zero-order chi connectivity index (χ0) is 15.0. The Kier molecular flexibility index (Phi) is 4.14. The number of hydrogen-bond acceptors (Lipinski definition) is 1. The number of rotatable bonds is 3. The molecule has 2 nitrogen and oxygen atoms in total. The fourth-order valence-corrected chi connectivity index (χ4v) is 2.98. The Bertz CT molecular complexity index is 811. The highest BCUT2D eigenvalue weighted by molar-refractivity contribution is 6.33. The fraction of sp³-hybridized carbons (Fsp3) is 0.125. The molecule has 3 aromatic rings.